The van der Waals surface area contributed by atoms with Gasteiger partial charge in [-0.25, -0.2) is 4.79 Å². The Morgan fingerprint density at radius 1 is 1.31 bits per heavy atom. The lowest BCUT2D eigenvalue weighted by Gasteiger charge is -2.16. The molecule has 2 aromatic rings. The van der Waals surface area contributed by atoms with Crippen LogP contribution in [0.25, 0.3) is 0 Å². The van der Waals surface area contributed by atoms with Crippen molar-refractivity contribution in [2.24, 2.45) is 0 Å². The molecule has 1 saturated heterocycles. The van der Waals surface area contributed by atoms with Crippen LogP contribution in [0, 0.1) is 24.0 Å². The molecule has 0 bridgehead atoms. The molecule has 1 fully saturated rings. The third-order valence-electron chi connectivity index (χ3n) is 5.88. The zero-order chi connectivity index (χ0) is 25.9. The number of ether oxygens (including phenoxy) is 2. The first kappa shape index (κ1) is 26.2. The minimum Gasteiger partial charge on any atom is -0.456 e. The highest BCUT2D eigenvalue weighted by Crippen LogP contribution is 2.35. The minimum atomic E-state index is -4.76. The Hall–Kier alpha value is -3.41. The molecule has 190 valence electrons. The third-order valence-corrected chi connectivity index (χ3v) is 5.88. The second kappa shape index (κ2) is 10.5. The number of nitro benzene ring substituents is 1. The van der Waals surface area contributed by atoms with Gasteiger partial charge < -0.3 is 19.4 Å². The number of ketones is 1. The van der Waals surface area contributed by atoms with Gasteiger partial charge in [-0.05, 0) is 51.8 Å². The molecule has 0 aliphatic carbocycles. The van der Waals surface area contributed by atoms with Gasteiger partial charge >= 0.3 is 12.1 Å². The number of nitro groups is 1. The summed E-state index contributed by atoms with van der Waals surface area (Å²) in [5, 5.41) is 13.7. The van der Waals surface area contributed by atoms with Crippen LogP contribution < -0.4 is 5.32 Å². The van der Waals surface area contributed by atoms with Crippen molar-refractivity contribution in [3.05, 3.63) is 56.9 Å². The van der Waals surface area contributed by atoms with Crippen LogP contribution in [-0.2, 0) is 27.0 Å². The summed E-state index contributed by atoms with van der Waals surface area (Å²) in [6.45, 7) is 5.77. The monoisotopic (exact) mass is 497 g/mol. The highest BCUT2D eigenvalue weighted by atomic mass is 19.4. The fourth-order valence-electron chi connectivity index (χ4n) is 3.97. The van der Waals surface area contributed by atoms with Gasteiger partial charge in [-0.2, -0.15) is 13.2 Å². The van der Waals surface area contributed by atoms with Crippen molar-refractivity contribution in [2.75, 3.05) is 18.5 Å². The quantitative estimate of drug-likeness (QED) is 0.236. The molecule has 0 amide bonds. The lowest BCUT2D eigenvalue weighted by Crippen LogP contribution is -2.30. The molecule has 0 saturated carbocycles. The molecule has 1 aliphatic heterocycles. The lowest BCUT2D eigenvalue weighted by molar-refractivity contribution is -0.384. The molecule has 1 aromatic carbocycles. The normalized spacial score (nSPS) is 16.7. The number of esters is 1. The van der Waals surface area contributed by atoms with E-state index in [0.29, 0.717) is 30.8 Å². The largest absolute Gasteiger partial charge is 0.456 e. The number of hydrogen-bond acceptors (Lipinski definition) is 7. The van der Waals surface area contributed by atoms with Gasteiger partial charge in [-0.15, -0.1) is 0 Å². The number of hydrogen-bond donors (Lipinski definition) is 1. The number of benzene rings is 1. The first-order valence-electron chi connectivity index (χ1n) is 11.0. The highest BCUT2D eigenvalue weighted by Gasteiger charge is 2.33. The Labute approximate surface area is 199 Å². The molecule has 0 radical (unpaired) electrons. The van der Waals surface area contributed by atoms with E-state index in [9.17, 15) is 32.9 Å². The topological polar surface area (TPSA) is 113 Å². The summed E-state index contributed by atoms with van der Waals surface area (Å²) in [4.78, 5) is 35.3. The molecule has 1 aliphatic rings. The van der Waals surface area contributed by atoms with E-state index in [-0.39, 0.29) is 11.8 Å². The highest BCUT2D eigenvalue weighted by molar-refractivity contribution is 5.99. The Morgan fingerprint density at radius 3 is 2.63 bits per heavy atom. The van der Waals surface area contributed by atoms with Gasteiger partial charge in [-0.3, -0.25) is 14.9 Å². The van der Waals surface area contributed by atoms with Gasteiger partial charge in [0.25, 0.3) is 5.69 Å². The first-order chi connectivity index (χ1) is 16.4. The summed E-state index contributed by atoms with van der Waals surface area (Å²) >= 11 is 0. The summed E-state index contributed by atoms with van der Waals surface area (Å²) in [5.41, 5.74) is -0.298. The molecule has 1 aromatic heterocycles. The van der Waals surface area contributed by atoms with Crippen LogP contribution in [0.3, 0.4) is 0 Å². The SMILES string of the molecule is Cc1cc(C(=O)COC(=O)C(C)Nc2ccc(C(F)(F)F)cc2[N+](=O)[O-])c(C)n1CC1CCCO1. The second-order valence-corrected chi connectivity index (χ2v) is 8.41. The maximum absolute atomic E-state index is 12.9. The van der Waals surface area contributed by atoms with Crippen LogP contribution in [-0.4, -0.2) is 46.6 Å². The predicted molar refractivity (Wildman–Crippen MR) is 119 cm³/mol. The molecule has 2 heterocycles. The number of anilines is 1. The molecule has 12 heteroatoms. The Morgan fingerprint density at radius 2 is 2.03 bits per heavy atom. The molecule has 0 spiro atoms. The summed E-state index contributed by atoms with van der Waals surface area (Å²) in [6.07, 6.45) is -2.73. The van der Waals surface area contributed by atoms with E-state index in [4.69, 9.17) is 9.47 Å². The summed E-state index contributed by atoms with van der Waals surface area (Å²) in [7, 11) is 0. The zero-order valence-electron chi connectivity index (χ0n) is 19.5. The summed E-state index contributed by atoms with van der Waals surface area (Å²) in [5.74, 6) is -1.31. The lowest BCUT2D eigenvalue weighted by atomic mass is 10.1. The van der Waals surface area contributed by atoms with E-state index >= 15 is 0 Å². The van der Waals surface area contributed by atoms with Gasteiger partial charge in [0.05, 0.1) is 16.6 Å². The third kappa shape index (κ3) is 6.18. The Bertz CT molecular complexity index is 1120. The van der Waals surface area contributed by atoms with E-state index in [1.165, 1.54) is 6.92 Å². The number of nitrogens with one attached hydrogen (secondary N) is 1. The standard InChI is InChI=1S/C23H26F3N3O6/c1-13-9-18(15(3)28(13)11-17-5-4-8-34-17)21(30)12-35-22(31)14(2)27-19-7-6-16(23(24,25)26)10-20(19)29(32)33/h6-7,9-10,14,17,27H,4-5,8,11-12H2,1-3H3. The maximum Gasteiger partial charge on any atom is 0.416 e. The summed E-state index contributed by atoms with van der Waals surface area (Å²) in [6, 6.07) is 2.48. The molecular formula is C23H26F3N3O6. The molecule has 9 nitrogen and oxygen atoms in total. The predicted octanol–water partition coefficient (Wildman–Crippen LogP) is 4.44. The molecule has 35 heavy (non-hydrogen) atoms. The van der Waals surface area contributed by atoms with Crippen molar-refractivity contribution >= 4 is 23.1 Å². The van der Waals surface area contributed by atoms with E-state index in [1.807, 2.05) is 11.5 Å². The van der Waals surface area contributed by atoms with E-state index in [2.05, 4.69) is 5.32 Å². The van der Waals surface area contributed by atoms with Crippen LogP contribution in [0.15, 0.2) is 24.3 Å². The average Bonchev–Trinajstić information content (AvgIpc) is 3.40. The molecular weight excluding hydrogens is 471 g/mol. The van der Waals surface area contributed by atoms with Crippen LogP contribution in [0.5, 0.6) is 0 Å². The van der Waals surface area contributed by atoms with Crippen molar-refractivity contribution < 1.29 is 37.2 Å². The maximum atomic E-state index is 12.9. The number of nitrogens with zero attached hydrogens (tertiary/aromatic N) is 2. The molecule has 1 N–H and O–H groups in total. The van der Waals surface area contributed by atoms with E-state index in [1.54, 1.807) is 13.0 Å². The van der Waals surface area contributed by atoms with Gasteiger partial charge in [0.2, 0.25) is 5.78 Å². The van der Waals surface area contributed by atoms with Crippen LogP contribution >= 0.6 is 0 Å². The average molecular weight is 497 g/mol. The number of carbonyl (C=O) groups excluding carboxylic acids is 2. The second-order valence-electron chi connectivity index (χ2n) is 8.41. The van der Waals surface area contributed by atoms with Crippen LogP contribution in [0.2, 0.25) is 0 Å². The molecule has 3 rings (SSSR count). The van der Waals surface area contributed by atoms with Gasteiger partial charge in [0.15, 0.2) is 6.61 Å². The Balaban J connectivity index is 1.63. The van der Waals surface area contributed by atoms with Gasteiger partial charge in [0, 0.05) is 36.2 Å². The van der Waals surface area contributed by atoms with Gasteiger partial charge in [-0.1, -0.05) is 0 Å². The van der Waals surface area contributed by atoms with Crippen molar-refractivity contribution in [3.8, 4) is 0 Å². The zero-order valence-corrected chi connectivity index (χ0v) is 19.5. The number of aromatic nitrogens is 1. The van der Waals surface area contributed by atoms with Crippen molar-refractivity contribution in [3.63, 3.8) is 0 Å². The van der Waals surface area contributed by atoms with E-state index < -0.39 is 46.8 Å². The van der Waals surface area contributed by atoms with Gasteiger partial charge in [0.1, 0.15) is 11.7 Å². The number of rotatable bonds is 9. The molecule has 2 atom stereocenters. The fourth-order valence-corrected chi connectivity index (χ4v) is 3.97. The number of halogens is 3. The first-order valence-corrected chi connectivity index (χ1v) is 11.0. The van der Waals surface area contributed by atoms with Crippen molar-refractivity contribution in [1.82, 2.24) is 4.57 Å². The number of Topliss-reactive ketones (excluding diaryl/α,β-unsaturated/α-hetero) is 1. The Kier molecular flexibility index (Phi) is 7.83. The van der Waals surface area contributed by atoms with E-state index in [0.717, 1.165) is 30.3 Å². The smallest absolute Gasteiger partial charge is 0.416 e. The van der Waals surface area contributed by atoms with Crippen LogP contribution in [0.1, 0.15) is 47.1 Å². The summed E-state index contributed by atoms with van der Waals surface area (Å²) < 4.78 is 51.3. The number of aryl methyl sites for hydroxylation is 1. The van der Waals surface area contributed by atoms with Crippen molar-refractivity contribution in [2.45, 2.75) is 58.5 Å². The minimum absolute atomic E-state index is 0.0850. The number of alkyl halides is 3. The van der Waals surface area contributed by atoms with Crippen LogP contribution in [0.4, 0.5) is 24.5 Å². The molecule has 2 unspecified atom stereocenters. The fraction of sp³-hybridized carbons (Fsp3) is 0.478. The van der Waals surface area contributed by atoms with Crippen molar-refractivity contribution in [1.29, 1.82) is 0 Å². The number of carbonyl (C=O) groups is 2.